The molecule has 2 aromatic rings. The Morgan fingerprint density at radius 3 is 2.74 bits per heavy atom. The van der Waals surface area contributed by atoms with E-state index in [1.807, 2.05) is 43.3 Å². The summed E-state index contributed by atoms with van der Waals surface area (Å²) in [6.07, 6.45) is 3.32. The number of nitrogens with one attached hydrogen (secondary N) is 2. The number of hydrogen-bond acceptors (Lipinski definition) is 6. The van der Waals surface area contributed by atoms with Crippen molar-refractivity contribution in [1.82, 2.24) is 20.3 Å². The molecule has 100 valence electrons. The minimum absolute atomic E-state index is 0.806. The van der Waals surface area contributed by atoms with Gasteiger partial charge in [0.05, 0.1) is 0 Å². The molecule has 19 heavy (non-hydrogen) atoms. The zero-order chi connectivity index (χ0) is 13.5. The van der Waals surface area contributed by atoms with Gasteiger partial charge in [-0.15, -0.1) is 0 Å². The van der Waals surface area contributed by atoms with Gasteiger partial charge in [-0.1, -0.05) is 6.07 Å². The number of rotatable bonds is 6. The monoisotopic (exact) mass is 258 g/mol. The van der Waals surface area contributed by atoms with Crippen molar-refractivity contribution >= 4 is 17.5 Å². The third kappa shape index (κ3) is 3.62. The second-order valence-corrected chi connectivity index (χ2v) is 4.04. The Bertz CT molecular complexity index is 501. The summed E-state index contributed by atoms with van der Waals surface area (Å²) in [6.45, 7) is 1.70. The Morgan fingerprint density at radius 1 is 1.11 bits per heavy atom. The SMILES string of the molecule is CNCCNc1cc(N(C)c2ccccn2)ncn1. The van der Waals surface area contributed by atoms with E-state index in [9.17, 15) is 0 Å². The van der Waals surface area contributed by atoms with E-state index >= 15 is 0 Å². The van der Waals surface area contributed by atoms with Crippen LogP contribution in [0.5, 0.6) is 0 Å². The first-order valence-electron chi connectivity index (χ1n) is 6.16. The summed E-state index contributed by atoms with van der Waals surface area (Å²) < 4.78 is 0. The van der Waals surface area contributed by atoms with Crippen LogP contribution in [0, 0.1) is 0 Å². The summed E-state index contributed by atoms with van der Waals surface area (Å²) >= 11 is 0. The zero-order valence-electron chi connectivity index (χ0n) is 11.2. The fraction of sp³-hybridized carbons (Fsp3) is 0.308. The molecule has 0 aromatic carbocycles. The van der Waals surface area contributed by atoms with Crippen LogP contribution in [0.4, 0.5) is 17.5 Å². The average Bonchev–Trinajstić information content (AvgIpc) is 2.48. The normalized spacial score (nSPS) is 10.2. The van der Waals surface area contributed by atoms with Gasteiger partial charge < -0.3 is 15.5 Å². The molecular weight excluding hydrogens is 240 g/mol. The maximum Gasteiger partial charge on any atom is 0.139 e. The summed E-state index contributed by atoms with van der Waals surface area (Å²) in [4.78, 5) is 14.7. The van der Waals surface area contributed by atoms with Gasteiger partial charge in [0, 0.05) is 32.4 Å². The van der Waals surface area contributed by atoms with Gasteiger partial charge in [0.2, 0.25) is 0 Å². The summed E-state index contributed by atoms with van der Waals surface area (Å²) in [5.74, 6) is 2.46. The number of hydrogen-bond donors (Lipinski definition) is 2. The van der Waals surface area contributed by atoms with Crippen LogP contribution in [-0.4, -0.2) is 42.1 Å². The van der Waals surface area contributed by atoms with Crippen LogP contribution in [0.15, 0.2) is 36.8 Å². The van der Waals surface area contributed by atoms with Crippen LogP contribution in [-0.2, 0) is 0 Å². The highest BCUT2D eigenvalue weighted by atomic mass is 15.2. The van der Waals surface area contributed by atoms with Crippen LogP contribution in [0.25, 0.3) is 0 Å². The van der Waals surface area contributed by atoms with Crippen LogP contribution in [0.3, 0.4) is 0 Å². The highest BCUT2D eigenvalue weighted by molar-refractivity contribution is 5.57. The van der Waals surface area contributed by atoms with Gasteiger partial charge in [0.1, 0.15) is 23.8 Å². The number of likely N-dealkylation sites (N-methyl/N-ethyl adjacent to an activating group) is 1. The van der Waals surface area contributed by atoms with Gasteiger partial charge in [-0.2, -0.15) is 0 Å². The molecule has 0 amide bonds. The highest BCUT2D eigenvalue weighted by Crippen LogP contribution is 2.19. The average molecular weight is 258 g/mol. The molecule has 0 aliphatic carbocycles. The number of aromatic nitrogens is 3. The van der Waals surface area contributed by atoms with E-state index in [1.54, 1.807) is 12.5 Å². The Hall–Kier alpha value is -2.21. The van der Waals surface area contributed by atoms with Crippen LogP contribution in [0.1, 0.15) is 0 Å². The minimum atomic E-state index is 0.806. The maximum absolute atomic E-state index is 4.30. The van der Waals surface area contributed by atoms with Crippen LogP contribution >= 0.6 is 0 Å². The van der Waals surface area contributed by atoms with Crippen molar-refractivity contribution in [1.29, 1.82) is 0 Å². The summed E-state index contributed by atoms with van der Waals surface area (Å²) in [5, 5.41) is 6.31. The third-order valence-electron chi connectivity index (χ3n) is 2.67. The van der Waals surface area contributed by atoms with Crippen molar-refractivity contribution in [3.8, 4) is 0 Å². The predicted octanol–water partition coefficient (Wildman–Crippen LogP) is 1.27. The van der Waals surface area contributed by atoms with E-state index in [0.29, 0.717) is 0 Å². The van der Waals surface area contributed by atoms with Gasteiger partial charge in [-0.05, 0) is 19.2 Å². The number of pyridine rings is 1. The quantitative estimate of drug-likeness (QED) is 0.761. The summed E-state index contributed by atoms with van der Waals surface area (Å²) in [5.41, 5.74) is 0. The molecule has 0 fully saturated rings. The van der Waals surface area contributed by atoms with E-state index in [2.05, 4.69) is 25.6 Å². The Kier molecular flexibility index (Phi) is 4.63. The van der Waals surface area contributed by atoms with Gasteiger partial charge in [0.15, 0.2) is 0 Å². The minimum Gasteiger partial charge on any atom is -0.369 e. The lowest BCUT2D eigenvalue weighted by Crippen LogP contribution is -2.19. The van der Waals surface area contributed by atoms with Crippen molar-refractivity contribution in [2.75, 3.05) is 37.4 Å². The topological polar surface area (TPSA) is 66.0 Å². The molecule has 2 rings (SSSR count). The predicted molar refractivity (Wildman–Crippen MR) is 76.7 cm³/mol. The lowest BCUT2D eigenvalue weighted by atomic mass is 10.4. The smallest absolute Gasteiger partial charge is 0.139 e. The molecule has 0 aliphatic rings. The van der Waals surface area contributed by atoms with Gasteiger partial charge in [-0.25, -0.2) is 15.0 Å². The standard InChI is InChI=1S/C13H18N6/c1-14-7-8-15-11-9-13(18-10-17-11)19(2)12-5-3-4-6-16-12/h3-6,9-10,14H,7-8H2,1-2H3,(H,15,17,18). The highest BCUT2D eigenvalue weighted by Gasteiger charge is 2.07. The first kappa shape index (κ1) is 13.2. The molecule has 0 aliphatic heterocycles. The van der Waals surface area contributed by atoms with Crippen molar-refractivity contribution in [2.45, 2.75) is 0 Å². The van der Waals surface area contributed by atoms with Crippen LogP contribution in [0.2, 0.25) is 0 Å². The molecular formula is C13H18N6. The second kappa shape index (κ2) is 6.65. The maximum atomic E-state index is 4.30. The van der Waals surface area contributed by atoms with E-state index in [-0.39, 0.29) is 0 Å². The first-order chi connectivity index (χ1) is 9.31. The van der Waals surface area contributed by atoms with Crippen molar-refractivity contribution in [2.24, 2.45) is 0 Å². The number of anilines is 3. The molecule has 6 nitrogen and oxygen atoms in total. The van der Waals surface area contributed by atoms with Crippen molar-refractivity contribution in [3.63, 3.8) is 0 Å². The van der Waals surface area contributed by atoms with Crippen LogP contribution < -0.4 is 15.5 Å². The molecule has 2 heterocycles. The van der Waals surface area contributed by atoms with Gasteiger partial charge in [0.25, 0.3) is 0 Å². The lowest BCUT2D eigenvalue weighted by Gasteiger charge is -2.17. The molecule has 0 radical (unpaired) electrons. The Labute approximate surface area is 112 Å². The number of nitrogens with zero attached hydrogens (tertiary/aromatic N) is 4. The van der Waals surface area contributed by atoms with E-state index in [1.165, 1.54) is 0 Å². The molecule has 0 unspecified atom stereocenters. The van der Waals surface area contributed by atoms with Crippen molar-refractivity contribution in [3.05, 3.63) is 36.8 Å². The Balaban J connectivity index is 2.10. The molecule has 6 heteroatoms. The van der Waals surface area contributed by atoms with Gasteiger partial charge in [-0.3, -0.25) is 0 Å². The second-order valence-electron chi connectivity index (χ2n) is 4.04. The zero-order valence-corrected chi connectivity index (χ0v) is 11.2. The molecule has 0 spiro atoms. The Morgan fingerprint density at radius 2 is 2.00 bits per heavy atom. The molecule has 0 saturated heterocycles. The summed E-state index contributed by atoms with van der Waals surface area (Å²) in [7, 11) is 3.85. The van der Waals surface area contributed by atoms with E-state index < -0.39 is 0 Å². The van der Waals surface area contributed by atoms with Crippen molar-refractivity contribution < 1.29 is 0 Å². The van der Waals surface area contributed by atoms with E-state index in [4.69, 9.17) is 0 Å². The molecule has 2 aromatic heterocycles. The molecule has 0 saturated carbocycles. The largest absolute Gasteiger partial charge is 0.369 e. The summed E-state index contributed by atoms with van der Waals surface area (Å²) in [6, 6.07) is 7.69. The van der Waals surface area contributed by atoms with E-state index in [0.717, 1.165) is 30.5 Å². The molecule has 2 N–H and O–H groups in total. The fourth-order valence-electron chi connectivity index (χ4n) is 1.61. The molecule has 0 atom stereocenters. The molecule has 0 bridgehead atoms. The third-order valence-corrected chi connectivity index (χ3v) is 2.67. The fourth-order valence-corrected chi connectivity index (χ4v) is 1.61. The lowest BCUT2D eigenvalue weighted by molar-refractivity contribution is 0.820. The van der Waals surface area contributed by atoms with Gasteiger partial charge >= 0.3 is 0 Å². The first-order valence-corrected chi connectivity index (χ1v) is 6.16.